The SMILES string of the molecule is CCCc1cnc(NC(=O)N(C)CC(C)O)s1. The molecule has 0 saturated heterocycles. The van der Waals surface area contributed by atoms with Crippen LogP contribution in [0.5, 0.6) is 0 Å². The Hall–Kier alpha value is -1.14. The van der Waals surface area contributed by atoms with Gasteiger partial charge < -0.3 is 10.0 Å². The molecule has 0 saturated carbocycles. The van der Waals surface area contributed by atoms with E-state index in [4.69, 9.17) is 0 Å². The van der Waals surface area contributed by atoms with Crippen LogP contribution in [0.2, 0.25) is 0 Å². The number of hydrogen-bond acceptors (Lipinski definition) is 4. The van der Waals surface area contributed by atoms with Crippen LogP contribution in [0.15, 0.2) is 6.20 Å². The maximum absolute atomic E-state index is 11.7. The molecular formula is C11H19N3O2S. The van der Waals surface area contributed by atoms with Gasteiger partial charge in [-0.15, -0.1) is 11.3 Å². The molecule has 0 radical (unpaired) electrons. The van der Waals surface area contributed by atoms with Gasteiger partial charge in [0.05, 0.1) is 6.10 Å². The third-order valence-electron chi connectivity index (χ3n) is 2.15. The predicted octanol–water partition coefficient (Wildman–Crippen LogP) is 1.94. The molecule has 96 valence electrons. The normalized spacial score (nSPS) is 12.2. The molecule has 1 aromatic rings. The fourth-order valence-electron chi connectivity index (χ4n) is 1.39. The van der Waals surface area contributed by atoms with Crippen LogP contribution >= 0.6 is 11.3 Å². The van der Waals surface area contributed by atoms with E-state index in [0.29, 0.717) is 11.7 Å². The standard InChI is InChI=1S/C11H19N3O2S/c1-4-5-9-6-12-10(17-9)13-11(16)14(3)7-8(2)15/h6,8,15H,4-5,7H2,1-3H3,(H,12,13,16). The molecule has 2 amide bonds. The summed E-state index contributed by atoms with van der Waals surface area (Å²) < 4.78 is 0. The van der Waals surface area contributed by atoms with Crippen molar-refractivity contribution < 1.29 is 9.90 Å². The molecular weight excluding hydrogens is 238 g/mol. The highest BCUT2D eigenvalue weighted by molar-refractivity contribution is 7.15. The number of nitrogens with one attached hydrogen (secondary N) is 1. The summed E-state index contributed by atoms with van der Waals surface area (Å²) >= 11 is 1.49. The monoisotopic (exact) mass is 257 g/mol. The Morgan fingerprint density at radius 3 is 3.00 bits per heavy atom. The molecule has 0 aliphatic heterocycles. The number of aromatic nitrogens is 1. The van der Waals surface area contributed by atoms with Gasteiger partial charge in [0.2, 0.25) is 0 Å². The summed E-state index contributed by atoms with van der Waals surface area (Å²) in [5.41, 5.74) is 0. The third kappa shape index (κ3) is 4.70. The number of anilines is 1. The van der Waals surface area contributed by atoms with E-state index >= 15 is 0 Å². The van der Waals surface area contributed by atoms with Gasteiger partial charge in [-0.05, 0) is 13.3 Å². The summed E-state index contributed by atoms with van der Waals surface area (Å²) in [5, 5.41) is 12.5. The van der Waals surface area contributed by atoms with Gasteiger partial charge in [-0.1, -0.05) is 13.3 Å². The van der Waals surface area contributed by atoms with E-state index in [1.807, 2.05) is 0 Å². The molecule has 1 aromatic heterocycles. The Balaban J connectivity index is 2.49. The number of carbonyl (C=O) groups is 1. The first-order valence-electron chi connectivity index (χ1n) is 5.67. The molecule has 1 unspecified atom stereocenters. The quantitative estimate of drug-likeness (QED) is 0.847. The number of aryl methyl sites for hydroxylation is 1. The minimum Gasteiger partial charge on any atom is -0.392 e. The lowest BCUT2D eigenvalue weighted by Crippen LogP contribution is -2.36. The molecule has 5 nitrogen and oxygen atoms in total. The van der Waals surface area contributed by atoms with E-state index in [1.165, 1.54) is 21.1 Å². The van der Waals surface area contributed by atoms with Gasteiger partial charge in [0.1, 0.15) is 0 Å². The lowest BCUT2D eigenvalue weighted by atomic mass is 10.3. The van der Waals surface area contributed by atoms with Crippen molar-refractivity contribution in [2.45, 2.75) is 32.8 Å². The van der Waals surface area contributed by atoms with Gasteiger partial charge in [-0.25, -0.2) is 9.78 Å². The smallest absolute Gasteiger partial charge is 0.323 e. The Bertz CT molecular complexity index is 365. The molecule has 1 atom stereocenters. The number of urea groups is 1. The number of hydrogen-bond donors (Lipinski definition) is 2. The fraction of sp³-hybridized carbons (Fsp3) is 0.636. The molecule has 2 N–H and O–H groups in total. The molecule has 0 bridgehead atoms. The minimum absolute atomic E-state index is 0.247. The topological polar surface area (TPSA) is 65.5 Å². The minimum atomic E-state index is -0.530. The average molecular weight is 257 g/mol. The predicted molar refractivity (Wildman–Crippen MR) is 69.4 cm³/mol. The summed E-state index contributed by atoms with van der Waals surface area (Å²) in [6, 6.07) is -0.247. The zero-order valence-electron chi connectivity index (χ0n) is 10.4. The third-order valence-corrected chi connectivity index (χ3v) is 3.12. The lowest BCUT2D eigenvalue weighted by Gasteiger charge is -2.18. The van der Waals surface area contributed by atoms with Crippen LogP contribution in [0.1, 0.15) is 25.1 Å². The number of aliphatic hydroxyl groups excluding tert-OH is 1. The van der Waals surface area contributed by atoms with Crippen molar-refractivity contribution >= 4 is 22.5 Å². The Labute approximate surface area is 105 Å². The number of aliphatic hydroxyl groups is 1. The zero-order chi connectivity index (χ0) is 12.8. The number of rotatable bonds is 5. The summed E-state index contributed by atoms with van der Waals surface area (Å²) in [6.45, 7) is 4.06. The second kappa shape index (κ2) is 6.56. The van der Waals surface area contributed by atoms with Gasteiger partial charge >= 0.3 is 6.03 Å². The second-order valence-corrected chi connectivity index (χ2v) is 5.16. The number of nitrogens with zero attached hydrogens (tertiary/aromatic N) is 2. The molecule has 0 fully saturated rings. The molecule has 0 aromatic carbocycles. The van der Waals surface area contributed by atoms with E-state index in [0.717, 1.165) is 12.8 Å². The van der Waals surface area contributed by atoms with Gasteiger partial charge in [-0.3, -0.25) is 5.32 Å². The first-order valence-corrected chi connectivity index (χ1v) is 6.49. The number of amides is 2. The number of likely N-dealkylation sites (N-methyl/N-ethyl adjacent to an activating group) is 1. The largest absolute Gasteiger partial charge is 0.392 e. The molecule has 0 spiro atoms. The van der Waals surface area contributed by atoms with Crippen LogP contribution in [0.25, 0.3) is 0 Å². The van der Waals surface area contributed by atoms with E-state index in [2.05, 4.69) is 17.2 Å². The van der Waals surface area contributed by atoms with Crippen LogP contribution < -0.4 is 5.32 Å². The van der Waals surface area contributed by atoms with Crippen molar-refractivity contribution in [2.24, 2.45) is 0 Å². The van der Waals surface area contributed by atoms with Crippen LogP contribution in [0.3, 0.4) is 0 Å². The number of thiazole rings is 1. The maximum atomic E-state index is 11.7. The van der Waals surface area contributed by atoms with Gasteiger partial charge in [0.15, 0.2) is 5.13 Å². The highest BCUT2D eigenvalue weighted by atomic mass is 32.1. The summed E-state index contributed by atoms with van der Waals surface area (Å²) in [4.78, 5) is 18.4. The molecule has 0 aliphatic carbocycles. The van der Waals surface area contributed by atoms with Crippen molar-refractivity contribution in [3.05, 3.63) is 11.1 Å². The van der Waals surface area contributed by atoms with Crippen LogP contribution in [0, 0.1) is 0 Å². The van der Waals surface area contributed by atoms with Gasteiger partial charge in [0.25, 0.3) is 0 Å². The van der Waals surface area contributed by atoms with E-state index in [1.54, 1.807) is 20.2 Å². The summed E-state index contributed by atoms with van der Waals surface area (Å²) in [5.74, 6) is 0. The van der Waals surface area contributed by atoms with Gasteiger partial charge in [0, 0.05) is 24.7 Å². The summed E-state index contributed by atoms with van der Waals surface area (Å²) in [6.07, 6.45) is 3.31. The van der Waals surface area contributed by atoms with Gasteiger partial charge in [-0.2, -0.15) is 0 Å². The van der Waals surface area contributed by atoms with E-state index < -0.39 is 6.10 Å². The lowest BCUT2D eigenvalue weighted by molar-refractivity contribution is 0.149. The zero-order valence-corrected chi connectivity index (χ0v) is 11.3. The second-order valence-electron chi connectivity index (χ2n) is 4.04. The number of carbonyl (C=O) groups excluding carboxylic acids is 1. The van der Waals surface area contributed by atoms with E-state index in [9.17, 15) is 9.90 Å². The molecule has 17 heavy (non-hydrogen) atoms. The summed E-state index contributed by atoms with van der Waals surface area (Å²) in [7, 11) is 1.64. The van der Waals surface area contributed by atoms with Crippen molar-refractivity contribution in [1.82, 2.24) is 9.88 Å². The Kier molecular flexibility index (Phi) is 5.37. The highest BCUT2D eigenvalue weighted by Crippen LogP contribution is 2.19. The Morgan fingerprint density at radius 1 is 1.71 bits per heavy atom. The molecule has 1 heterocycles. The van der Waals surface area contributed by atoms with Crippen molar-refractivity contribution in [3.63, 3.8) is 0 Å². The van der Waals surface area contributed by atoms with Crippen molar-refractivity contribution in [3.8, 4) is 0 Å². The Morgan fingerprint density at radius 2 is 2.41 bits per heavy atom. The molecule has 0 aliphatic rings. The fourth-order valence-corrected chi connectivity index (χ4v) is 2.30. The first-order chi connectivity index (χ1) is 8.02. The van der Waals surface area contributed by atoms with E-state index in [-0.39, 0.29) is 6.03 Å². The molecule has 6 heteroatoms. The van der Waals surface area contributed by atoms with Crippen LogP contribution in [-0.2, 0) is 6.42 Å². The first kappa shape index (κ1) is 13.9. The average Bonchev–Trinajstić information content (AvgIpc) is 2.65. The van der Waals surface area contributed by atoms with Crippen molar-refractivity contribution in [1.29, 1.82) is 0 Å². The van der Waals surface area contributed by atoms with Crippen molar-refractivity contribution in [2.75, 3.05) is 18.9 Å². The maximum Gasteiger partial charge on any atom is 0.323 e. The van der Waals surface area contributed by atoms with Crippen LogP contribution in [-0.4, -0.2) is 40.7 Å². The highest BCUT2D eigenvalue weighted by Gasteiger charge is 2.12. The van der Waals surface area contributed by atoms with Crippen LogP contribution in [0.4, 0.5) is 9.93 Å². The molecule has 1 rings (SSSR count).